The summed E-state index contributed by atoms with van der Waals surface area (Å²) in [5.74, 6) is -1.17. The van der Waals surface area contributed by atoms with Crippen molar-refractivity contribution in [3.05, 3.63) is 29.3 Å². The summed E-state index contributed by atoms with van der Waals surface area (Å²) < 4.78 is 16.7. The minimum atomic E-state index is -1.72. The molecular formula is C10H11ClO4S. The molecule has 0 heterocycles. The summed E-state index contributed by atoms with van der Waals surface area (Å²) in [5, 5.41) is 8.10. The van der Waals surface area contributed by atoms with Crippen molar-refractivity contribution in [3.63, 3.8) is 0 Å². The molecule has 1 N–H and O–H groups in total. The molecule has 0 fully saturated rings. The zero-order valence-corrected chi connectivity index (χ0v) is 10.1. The molecule has 2 unspecified atom stereocenters. The molecule has 0 aromatic heterocycles. The maximum atomic E-state index is 12.0. The number of carboxylic acid groups (broad SMARTS) is 1. The summed E-state index contributed by atoms with van der Waals surface area (Å²) in [6, 6.07) is 6.46. The highest BCUT2D eigenvalue weighted by molar-refractivity contribution is 7.86. The number of methoxy groups -OCH3 is 1. The maximum absolute atomic E-state index is 12.0. The van der Waals surface area contributed by atoms with Gasteiger partial charge in [0.25, 0.3) is 0 Å². The van der Waals surface area contributed by atoms with Crippen molar-refractivity contribution in [2.75, 3.05) is 13.7 Å². The second kappa shape index (κ2) is 5.98. The van der Waals surface area contributed by atoms with Crippen molar-refractivity contribution in [2.45, 2.75) is 10.1 Å². The van der Waals surface area contributed by atoms with Gasteiger partial charge in [-0.1, -0.05) is 23.7 Å². The van der Waals surface area contributed by atoms with Crippen molar-refractivity contribution >= 4 is 28.4 Å². The number of rotatable bonds is 5. The number of carbonyl (C=O) groups is 1. The van der Waals surface area contributed by atoms with Crippen molar-refractivity contribution in [2.24, 2.45) is 0 Å². The summed E-state index contributed by atoms with van der Waals surface area (Å²) in [6.45, 7) is -0.118. The lowest BCUT2D eigenvalue weighted by Gasteiger charge is -2.11. The van der Waals surface area contributed by atoms with E-state index in [-0.39, 0.29) is 6.61 Å². The lowest BCUT2D eigenvalue weighted by atomic mass is 10.4. The summed E-state index contributed by atoms with van der Waals surface area (Å²) in [6.07, 6.45) is 0. The molecule has 6 heteroatoms. The van der Waals surface area contributed by atoms with Crippen molar-refractivity contribution in [1.29, 1.82) is 0 Å². The summed E-state index contributed by atoms with van der Waals surface area (Å²) in [4.78, 5) is 11.2. The first-order chi connectivity index (χ1) is 7.57. The predicted molar refractivity (Wildman–Crippen MR) is 61.2 cm³/mol. The molecule has 1 rings (SSSR count). The minimum absolute atomic E-state index is 0.118. The van der Waals surface area contributed by atoms with E-state index in [1.807, 2.05) is 0 Å². The molecule has 4 nitrogen and oxygen atoms in total. The SMILES string of the molecule is COCC(C(=O)O)S(=O)c1ccccc1Cl. The molecule has 16 heavy (non-hydrogen) atoms. The monoisotopic (exact) mass is 262 g/mol. The average Bonchev–Trinajstić information content (AvgIpc) is 2.25. The van der Waals surface area contributed by atoms with E-state index >= 15 is 0 Å². The largest absolute Gasteiger partial charge is 0.480 e. The molecule has 1 aromatic rings. The fourth-order valence-electron chi connectivity index (χ4n) is 1.14. The Morgan fingerprint density at radius 1 is 1.56 bits per heavy atom. The zero-order valence-electron chi connectivity index (χ0n) is 8.55. The first-order valence-corrected chi connectivity index (χ1v) is 6.04. The van der Waals surface area contributed by atoms with Crippen LogP contribution in [0.4, 0.5) is 0 Å². The Kier molecular flexibility index (Phi) is 4.92. The number of ether oxygens (including phenoxy) is 1. The summed E-state index contributed by atoms with van der Waals surface area (Å²) in [5.41, 5.74) is 0. The highest BCUT2D eigenvalue weighted by atomic mass is 35.5. The van der Waals surface area contributed by atoms with Crippen LogP contribution in [0.15, 0.2) is 29.2 Å². The Bertz CT molecular complexity index is 408. The van der Waals surface area contributed by atoms with Crippen LogP contribution in [0.1, 0.15) is 0 Å². The topological polar surface area (TPSA) is 63.6 Å². The van der Waals surface area contributed by atoms with E-state index in [1.165, 1.54) is 7.11 Å². The van der Waals surface area contributed by atoms with Gasteiger partial charge in [0.05, 0.1) is 27.3 Å². The molecule has 0 saturated carbocycles. The quantitative estimate of drug-likeness (QED) is 0.874. The fraction of sp³-hybridized carbons (Fsp3) is 0.300. The van der Waals surface area contributed by atoms with Gasteiger partial charge in [-0.25, -0.2) is 0 Å². The smallest absolute Gasteiger partial charge is 0.322 e. The molecular weight excluding hydrogens is 252 g/mol. The Balaban J connectivity index is 2.99. The molecule has 0 bridgehead atoms. The van der Waals surface area contributed by atoms with Crippen LogP contribution in [0, 0.1) is 0 Å². The third-order valence-corrected chi connectivity index (χ3v) is 3.99. The number of benzene rings is 1. The van der Waals surface area contributed by atoms with Gasteiger partial charge in [0.15, 0.2) is 5.25 Å². The van der Waals surface area contributed by atoms with E-state index in [1.54, 1.807) is 24.3 Å². The molecule has 0 radical (unpaired) electrons. The van der Waals surface area contributed by atoms with Crippen LogP contribution in [0.2, 0.25) is 5.02 Å². The number of carboxylic acids is 1. The molecule has 0 saturated heterocycles. The normalized spacial score (nSPS) is 14.4. The molecule has 0 aliphatic rings. The molecule has 88 valence electrons. The van der Waals surface area contributed by atoms with Gasteiger partial charge >= 0.3 is 5.97 Å². The molecule has 0 aliphatic carbocycles. The van der Waals surface area contributed by atoms with Gasteiger partial charge in [-0.05, 0) is 12.1 Å². The standard InChI is InChI=1S/C10H11ClO4S/c1-15-6-9(10(12)13)16(14)8-5-3-2-4-7(8)11/h2-5,9H,6H2,1H3,(H,12,13). The van der Waals surface area contributed by atoms with Crippen LogP contribution >= 0.6 is 11.6 Å². The van der Waals surface area contributed by atoms with E-state index < -0.39 is 22.0 Å². The Labute approximate surface area is 101 Å². The van der Waals surface area contributed by atoms with Gasteiger partial charge < -0.3 is 9.84 Å². The highest BCUT2D eigenvalue weighted by Crippen LogP contribution is 2.21. The summed E-state index contributed by atoms with van der Waals surface area (Å²) >= 11 is 5.84. The fourth-order valence-corrected chi connectivity index (χ4v) is 2.72. The predicted octanol–water partition coefficient (Wildman–Crippen LogP) is 1.55. The Hall–Kier alpha value is -0.910. The van der Waals surface area contributed by atoms with E-state index in [9.17, 15) is 9.00 Å². The second-order valence-electron chi connectivity index (χ2n) is 3.01. The first-order valence-electron chi connectivity index (χ1n) is 4.44. The van der Waals surface area contributed by atoms with Crippen LogP contribution in [-0.4, -0.2) is 34.3 Å². The molecule has 0 amide bonds. The van der Waals surface area contributed by atoms with Crippen LogP contribution in [0.25, 0.3) is 0 Å². The van der Waals surface area contributed by atoms with E-state index in [2.05, 4.69) is 0 Å². The molecule has 2 atom stereocenters. The van der Waals surface area contributed by atoms with Gasteiger partial charge in [0.2, 0.25) is 0 Å². The van der Waals surface area contributed by atoms with E-state index in [0.29, 0.717) is 9.92 Å². The first kappa shape index (κ1) is 13.2. The lowest BCUT2D eigenvalue weighted by molar-refractivity contribution is -0.137. The number of halogens is 1. The average molecular weight is 263 g/mol. The van der Waals surface area contributed by atoms with Crippen LogP contribution in [0.5, 0.6) is 0 Å². The number of hydrogen-bond donors (Lipinski definition) is 1. The minimum Gasteiger partial charge on any atom is -0.480 e. The van der Waals surface area contributed by atoms with Gasteiger partial charge in [-0.3, -0.25) is 9.00 Å². The molecule has 0 spiro atoms. The van der Waals surface area contributed by atoms with Crippen molar-refractivity contribution < 1.29 is 18.8 Å². The lowest BCUT2D eigenvalue weighted by Crippen LogP contribution is -2.30. The zero-order chi connectivity index (χ0) is 12.1. The Morgan fingerprint density at radius 3 is 2.69 bits per heavy atom. The maximum Gasteiger partial charge on any atom is 0.322 e. The van der Waals surface area contributed by atoms with Gasteiger partial charge in [-0.15, -0.1) is 0 Å². The highest BCUT2D eigenvalue weighted by Gasteiger charge is 2.27. The van der Waals surface area contributed by atoms with E-state index in [0.717, 1.165) is 0 Å². The third kappa shape index (κ3) is 3.04. The van der Waals surface area contributed by atoms with Crippen LogP contribution in [-0.2, 0) is 20.3 Å². The van der Waals surface area contributed by atoms with Gasteiger partial charge in [-0.2, -0.15) is 0 Å². The van der Waals surface area contributed by atoms with Crippen molar-refractivity contribution in [1.82, 2.24) is 0 Å². The van der Waals surface area contributed by atoms with Crippen molar-refractivity contribution in [3.8, 4) is 0 Å². The number of aliphatic carboxylic acids is 1. The number of hydrogen-bond acceptors (Lipinski definition) is 3. The van der Waals surface area contributed by atoms with Gasteiger partial charge in [0, 0.05) is 7.11 Å². The van der Waals surface area contributed by atoms with Crippen LogP contribution in [0.3, 0.4) is 0 Å². The third-order valence-electron chi connectivity index (χ3n) is 1.91. The summed E-state index contributed by atoms with van der Waals surface area (Å²) in [7, 11) is -0.358. The molecule has 0 aliphatic heterocycles. The second-order valence-corrected chi connectivity index (χ2v) is 5.02. The molecule has 1 aromatic carbocycles. The Morgan fingerprint density at radius 2 is 2.19 bits per heavy atom. The van der Waals surface area contributed by atoms with Gasteiger partial charge in [0.1, 0.15) is 0 Å². The van der Waals surface area contributed by atoms with Crippen LogP contribution < -0.4 is 0 Å². The van der Waals surface area contributed by atoms with E-state index in [4.69, 9.17) is 21.4 Å².